The van der Waals surface area contributed by atoms with Gasteiger partial charge in [-0.3, -0.25) is 14.6 Å². The minimum Gasteiger partial charge on any atom is -0.496 e. The number of pyridine rings is 2. The lowest BCUT2D eigenvalue weighted by atomic mass is 9.83. The van der Waals surface area contributed by atoms with Gasteiger partial charge in [-0.1, -0.05) is 13.8 Å². The molecule has 186 valence electrons. The highest BCUT2D eigenvalue weighted by Gasteiger charge is 2.47. The van der Waals surface area contributed by atoms with Crippen molar-refractivity contribution in [3.8, 4) is 22.6 Å². The molecule has 1 aromatic carbocycles. The Morgan fingerprint density at radius 3 is 2.40 bits per heavy atom. The van der Waals surface area contributed by atoms with Crippen molar-refractivity contribution in [2.75, 3.05) is 27.3 Å². The highest BCUT2D eigenvalue weighted by atomic mass is 19.3. The van der Waals surface area contributed by atoms with E-state index in [1.54, 1.807) is 51.5 Å². The van der Waals surface area contributed by atoms with E-state index in [0.717, 1.165) is 0 Å². The monoisotopic (exact) mass is 485 g/mol. The standard InChI is InChI=1S/C26H29F2N3O4/c1-15(2)20-7-9-31(14-26(20,27)28)25(33)23-21(34-4)10-16(11-22(23)35-5)19-13-30(3)24(32)18-12-29-8-6-17(18)19/h6,8,10-13,15,20H,7,9,14H2,1-5H3. The van der Waals surface area contributed by atoms with E-state index < -0.39 is 24.3 Å². The van der Waals surface area contributed by atoms with Crippen molar-refractivity contribution < 1.29 is 23.0 Å². The first-order valence-electron chi connectivity index (χ1n) is 11.5. The van der Waals surface area contributed by atoms with Crippen molar-refractivity contribution in [3.63, 3.8) is 0 Å². The summed E-state index contributed by atoms with van der Waals surface area (Å²) in [7, 11) is 4.47. The van der Waals surface area contributed by atoms with E-state index in [4.69, 9.17) is 9.47 Å². The SMILES string of the molecule is COc1cc(-c2cn(C)c(=O)c3cnccc23)cc(OC)c1C(=O)N1CCC(C(C)C)C(F)(F)C1. The zero-order valence-electron chi connectivity index (χ0n) is 20.5. The molecule has 4 rings (SSSR count). The fourth-order valence-electron chi connectivity index (χ4n) is 4.93. The van der Waals surface area contributed by atoms with Gasteiger partial charge in [0.25, 0.3) is 17.4 Å². The van der Waals surface area contributed by atoms with E-state index in [0.29, 0.717) is 21.9 Å². The van der Waals surface area contributed by atoms with Crippen molar-refractivity contribution in [3.05, 3.63) is 52.7 Å². The molecular formula is C26H29F2N3O4. The number of likely N-dealkylation sites (tertiary alicyclic amines) is 1. The summed E-state index contributed by atoms with van der Waals surface area (Å²) in [6, 6.07) is 5.06. The molecule has 1 atom stereocenters. The van der Waals surface area contributed by atoms with Gasteiger partial charge < -0.3 is 18.9 Å². The number of aromatic nitrogens is 2. The van der Waals surface area contributed by atoms with Crippen LogP contribution in [0, 0.1) is 11.8 Å². The van der Waals surface area contributed by atoms with E-state index in [1.807, 2.05) is 0 Å². The summed E-state index contributed by atoms with van der Waals surface area (Å²) in [4.78, 5) is 31.3. The zero-order chi connectivity index (χ0) is 25.5. The Morgan fingerprint density at radius 2 is 1.83 bits per heavy atom. The second-order valence-corrected chi connectivity index (χ2v) is 9.26. The second kappa shape index (κ2) is 9.28. The Bertz CT molecular complexity index is 1310. The van der Waals surface area contributed by atoms with E-state index >= 15 is 0 Å². The minimum absolute atomic E-state index is 0.0911. The molecule has 0 N–H and O–H groups in total. The molecule has 1 fully saturated rings. The summed E-state index contributed by atoms with van der Waals surface area (Å²) in [5.74, 6) is -4.10. The number of piperidine rings is 1. The van der Waals surface area contributed by atoms with Crippen LogP contribution in [-0.2, 0) is 7.05 Å². The predicted molar refractivity (Wildman–Crippen MR) is 129 cm³/mol. The van der Waals surface area contributed by atoms with Crippen LogP contribution in [0.4, 0.5) is 8.78 Å². The molecule has 1 unspecified atom stereocenters. The third-order valence-corrected chi connectivity index (χ3v) is 6.76. The number of amides is 1. The van der Waals surface area contributed by atoms with E-state index in [1.165, 1.54) is 29.9 Å². The molecule has 1 saturated heterocycles. The van der Waals surface area contributed by atoms with E-state index in [2.05, 4.69) is 4.98 Å². The molecule has 0 saturated carbocycles. The Morgan fingerprint density at radius 1 is 1.17 bits per heavy atom. The molecule has 3 aromatic rings. The smallest absolute Gasteiger partial charge is 0.268 e. The van der Waals surface area contributed by atoms with Crippen LogP contribution in [0.2, 0.25) is 0 Å². The number of aryl methyl sites for hydroxylation is 1. The van der Waals surface area contributed by atoms with Crippen LogP contribution in [0.3, 0.4) is 0 Å². The number of benzene rings is 1. The van der Waals surface area contributed by atoms with E-state index in [9.17, 15) is 18.4 Å². The number of nitrogens with zero attached hydrogens (tertiary/aromatic N) is 3. The molecule has 1 aliphatic heterocycles. The summed E-state index contributed by atoms with van der Waals surface area (Å²) in [5, 5.41) is 1.13. The fourth-order valence-corrected chi connectivity index (χ4v) is 4.93. The second-order valence-electron chi connectivity index (χ2n) is 9.26. The lowest BCUT2D eigenvalue weighted by molar-refractivity contribution is -0.116. The first kappa shape index (κ1) is 24.6. The van der Waals surface area contributed by atoms with Crippen LogP contribution in [-0.4, -0.2) is 53.6 Å². The lowest BCUT2D eigenvalue weighted by Crippen LogP contribution is -2.52. The van der Waals surface area contributed by atoms with Crippen LogP contribution in [0.25, 0.3) is 21.9 Å². The molecule has 35 heavy (non-hydrogen) atoms. The van der Waals surface area contributed by atoms with Crippen molar-refractivity contribution in [1.29, 1.82) is 0 Å². The maximum atomic E-state index is 14.8. The molecule has 0 aliphatic carbocycles. The first-order chi connectivity index (χ1) is 16.6. The molecule has 0 bridgehead atoms. The van der Waals surface area contributed by atoms with Gasteiger partial charge in [0, 0.05) is 43.7 Å². The summed E-state index contributed by atoms with van der Waals surface area (Å²) >= 11 is 0. The summed E-state index contributed by atoms with van der Waals surface area (Å²) in [6.07, 6.45) is 5.02. The Hall–Kier alpha value is -3.49. The molecule has 0 radical (unpaired) electrons. The van der Waals surface area contributed by atoms with Crippen LogP contribution in [0.15, 0.2) is 41.6 Å². The molecule has 1 aliphatic rings. The van der Waals surface area contributed by atoms with Crippen molar-refractivity contribution in [2.24, 2.45) is 18.9 Å². The average molecular weight is 486 g/mol. The molecule has 9 heteroatoms. The number of alkyl halides is 2. The first-order valence-corrected chi connectivity index (χ1v) is 11.5. The number of halogens is 2. The van der Waals surface area contributed by atoms with Crippen LogP contribution >= 0.6 is 0 Å². The molecule has 2 aromatic heterocycles. The van der Waals surface area contributed by atoms with Crippen LogP contribution < -0.4 is 15.0 Å². The maximum absolute atomic E-state index is 14.8. The fraction of sp³-hybridized carbons (Fsp3) is 0.423. The number of carbonyl (C=O) groups excluding carboxylic acids is 1. The van der Waals surface area contributed by atoms with Crippen molar-refractivity contribution in [1.82, 2.24) is 14.5 Å². The summed E-state index contributed by atoms with van der Waals surface area (Å²) in [5.41, 5.74) is 1.26. The van der Waals surface area contributed by atoms with Gasteiger partial charge in [0.15, 0.2) is 0 Å². The van der Waals surface area contributed by atoms with Gasteiger partial charge in [-0.05, 0) is 41.5 Å². The molecule has 0 spiro atoms. The van der Waals surface area contributed by atoms with Crippen LogP contribution in [0.5, 0.6) is 11.5 Å². The highest BCUT2D eigenvalue weighted by molar-refractivity contribution is 6.02. The van der Waals surface area contributed by atoms with E-state index in [-0.39, 0.29) is 41.5 Å². The molecule has 1 amide bonds. The Kier molecular flexibility index (Phi) is 6.53. The quantitative estimate of drug-likeness (QED) is 0.537. The van der Waals surface area contributed by atoms with Gasteiger partial charge in [0.2, 0.25) is 0 Å². The normalized spacial score (nSPS) is 17.6. The third-order valence-electron chi connectivity index (χ3n) is 6.76. The third kappa shape index (κ3) is 4.35. The highest BCUT2D eigenvalue weighted by Crippen LogP contribution is 2.41. The molecular weight excluding hydrogens is 456 g/mol. The van der Waals surface area contributed by atoms with Gasteiger partial charge in [-0.25, -0.2) is 8.78 Å². The van der Waals surface area contributed by atoms with Gasteiger partial charge in [-0.2, -0.15) is 0 Å². The van der Waals surface area contributed by atoms with Crippen molar-refractivity contribution in [2.45, 2.75) is 26.2 Å². The minimum atomic E-state index is -2.98. The topological polar surface area (TPSA) is 73.7 Å². The van der Waals surface area contributed by atoms with Crippen LogP contribution in [0.1, 0.15) is 30.6 Å². The average Bonchev–Trinajstić information content (AvgIpc) is 2.84. The van der Waals surface area contributed by atoms with Crippen molar-refractivity contribution >= 4 is 16.7 Å². The number of methoxy groups -OCH3 is 2. The number of ether oxygens (including phenoxy) is 2. The van der Waals surface area contributed by atoms with Gasteiger partial charge in [0.1, 0.15) is 17.1 Å². The number of fused-ring (bicyclic) bond motifs is 1. The number of rotatable bonds is 5. The summed E-state index contributed by atoms with van der Waals surface area (Å²) < 4.78 is 42.2. The molecule has 3 heterocycles. The number of hydrogen-bond acceptors (Lipinski definition) is 5. The predicted octanol–water partition coefficient (Wildman–Crippen LogP) is 4.37. The Balaban J connectivity index is 1.80. The summed E-state index contributed by atoms with van der Waals surface area (Å²) in [6.45, 7) is 3.13. The number of carbonyl (C=O) groups is 1. The van der Waals surface area contributed by atoms with Gasteiger partial charge in [0.05, 0.1) is 26.2 Å². The van der Waals surface area contributed by atoms with Gasteiger partial charge >= 0.3 is 0 Å². The number of hydrogen-bond donors (Lipinski definition) is 0. The van der Waals surface area contributed by atoms with Gasteiger partial charge in [-0.15, -0.1) is 0 Å². The lowest BCUT2D eigenvalue weighted by Gasteiger charge is -2.40. The largest absolute Gasteiger partial charge is 0.496 e. The maximum Gasteiger partial charge on any atom is 0.268 e. The zero-order valence-corrected chi connectivity index (χ0v) is 20.5. The molecule has 7 nitrogen and oxygen atoms in total. The Labute approximate surface area is 202 Å².